The monoisotopic (exact) mass is 142 g/mol. The number of hydrogen-bond donors (Lipinski definition) is 0. The Morgan fingerprint density at radius 3 is 2.73 bits per heavy atom. The first kappa shape index (κ1) is 7.81. The minimum absolute atomic E-state index is 0.561. The van der Waals surface area contributed by atoms with E-state index >= 15 is 0 Å². The minimum atomic E-state index is 0.561. The van der Waals surface area contributed by atoms with E-state index in [2.05, 4.69) is 16.1 Å². The molecule has 0 saturated heterocycles. The summed E-state index contributed by atoms with van der Waals surface area (Å²) in [6.07, 6.45) is 6.43. The predicted octanol–water partition coefficient (Wildman–Crippen LogP) is 0.587. The molecule has 0 atom stereocenters. The summed E-state index contributed by atoms with van der Waals surface area (Å²) in [4.78, 5) is 0. The molecule has 0 spiro atoms. The van der Waals surface area contributed by atoms with Gasteiger partial charge in [0.2, 0.25) is 0 Å². The summed E-state index contributed by atoms with van der Waals surface area (Å²) >= 11 is 0. The van der Waals surface area contributed by atoms with E-state index in [9.17, 15) is 0 Å². The SMILES string of the molecule is [B]CCc1ccc(C#C)nn1. The van der Waals surface area contributed by atoms with Gasteiger partial charge in [0.05, 0.1) is 13.5 Å². The Morgan fingerprint density at radius 1 is 1.45 bits per heavy atom. The van der Waals surface area contributed by atoms with Gasteiger partial charge >= 0.3 is 0 Å². The zero-order valence-corrected chi connectivity index (χ0v) is 6.12. The quantitative estimate of drug-likeness (QED) is 0.446. The Hall–Kier alpha value is -1.30. The summed E-state index contributed by atoms with van der Waals surface area (Å²) in [7, 11) is 5.32. The molecule has 3 heteroatoms. The molecule has 2 radical (unpaired) electrons. The number of aryl methyl sites for hydroxylation is 1. The van der Waals surface area contributed by atoms with E-state index in [4.69, 9.17) is 14.3 Å². The highest BCUT2D eigenvalue weighted by Crippen LogP contribution is 1.97. The lowest BCUT2D eigenvalue weighted by Crippen LogP contribution is -1.93. The standard InChI is InChI=1S/C8H7BN2/c1-2-7-3-4-8(5-6-9)11-10-7/h1,3-4H,5-6H2. The third kappa shape index (κ3) is 2.08. The van der Waals surface area contributed by atoms with Crippen LogP contribution in [0.15, 0.2) is 12.1 Å². The molecule has 52 valence electrons. The average molecular weight is 142 g/mol. The van der Waals surface area contributed by atoms with Crippen molar-refractivity contribution in [2.75, 3.05) is 0 Å². The molecule has 0 saturated carbocycles. The molecule has 0 aliphatic rings. The lowest BCUT2D eigenvalue weighted by molar-refractivity contribution is 0.909. The van der Waals surface area contributed by atoms with Crippen molar-refractivity contribution >= 4 is 7.85 Å². The van der Waals surface area contributed by atoms with Crippen LogP contribution in [-0.2, 0) is 6.42 Å². The van der Waals surface area contributed by atoms with Crippen LogP contribution < -0.4 is 0 Å². The highest BCUT2D eigenvalue weighted by atomic mass is 15.1. The molecule has 0 N–H and O–H groups in total. The van der Waals surface area contributed by atoms with Gasteiger partial charge in [-0.25, -0.2) is 0 Å². The number of hydrogen-bond acceptors (Lipinski definition) is 2. The summed E-state index contributed by atoms with van der Waals surface area (Å²) in [5, 5.41) is 7.64. The van der Waals surface area contributed by atoms with Gasteiger partial charge in [-0.05, 0) is 24.5 Å². The van der Waals surface area contributed by atoms with Gasteiger partial charge in [0.25, 0.3) is 0 Å². The summed E-state index contributed by atoms with van der Waals surface area (Å²) in [6, 6.07) is 3.60. The molecule has 1 rings (SSSR count). The van der Waals surface area contributed by atoms with E-state index in [-0.39, 0.29) is 0 Å². The van der Waals surface area contributed by atoms with Crippen molar-refractivity contribution in [3.63, 3.8) is 0 Å². The fourth-order valence-corrected chi connectivity index (χ4v) is 0.718. The molecular weight excluding hydrogens is 135 g/mol. The maximum absolute atomic E-state index is 5.32. The molecule has 1 aromatic rings. The normalized spacial score (nSPS) is 9.00. The lowest BCUT2D eigenvalue weighted by Gasteiger charge is -1.94. The molecule has 1 heterocycles. The van der Waals surface area contributed by atoms with Crippen LogP contribution in [-0.4, -0.2) is 18.0 Å². The van der Waals surface area contributed by atoms with E-state index in [1.165, 1.54) is 0 Å². The largest absolute Gasteiger partial charge is 0.154 e. The van der Waals surface area contributed by atoms with Crippen molar-refractivity contribution in [3.8, 4) is 12.3 Å². The van der Waals surface area contributed by atoms with Crippen LogP contribution in [0.1, 0.15) is 11.4 Å². The minimum Gasteiger partial charge on any atom is -0.154 e. The van der Waals surface area contributed by atoms with Crippen LogP contribution in [0, 0.1) is 12.3 Å². The fraction of sp³-hybridized carbons (Fsp3) is 0.250. The van der Waals surface area contributed by atoms with Gasteiger partial charge in [-0.2, -0.15) is 5.10 Å². The fourth-order valence-electron chi connectivity index (χ4n) is 0.718. The van der Waals surface area contributed by atoms with Crippen LogP contribution in [0.4, 0.5) is 0 Å². The topological polar surface area (TPSA) is 25.8 Å². The molecule has 2 nitrogen and oxygen atoms in total. The summed E-state index contributed by atoms with van der Waals surface area (Å²) < 4.78 is 0. The second-order valence-electron chi connectivity index (χ2n) is 2.09. The summed E-state index contributed by atoms with van der Waals surface area (Å²) in [5.41, 5.74) is 1.44. The van der Waals surface area contributed by atoms with Crippen LogP contribution in [0.5, 0.6) is 0 Å². The first-order valence-corrected chi connectivity index (χ1v) is 3.36. The smallest absolute Gasteiger partial charge is 0.135 e. The van der Waals surface area contributed by atoms with Gasteiger partial charge in [0.1, 0.15) is 5.69 Å². The van der Waals surface area contributed by atoms with Crippen LogP contribution in [0.25, 0.3) is 0 Å². The Kier molecular flexibility index (Phi) is 2.68. The number of nitrogens with zero attached hydrogens (tertiary/aromatic N) is 2. The maximum atomic E-state index is 5.32. The van der Waals surface area contributed by atoms with Gasteiger partial charge < -0.3 is 0 Å². The van der Waals surface area contributed by atoms with Gasteiger partial charge in [0.15, 0.2) is 0 Å². The maximum Gasteiger partial charge on any atom is 0.135 e. The van der Waals surface area contributed by atoms with Crippen LogP contribution in [0.3, 0.4) is 0 Å². The van der Waals surface area contributed by atoms with Crippen molar-refractivity contribution < 1.29 is 0 Å². The van der Waals surface area contributed by atoms with E-state index in [1.807, 2.05) is 6.07 Å². The Balaban J connectivity index is 2.76. The third-order valence-corrected chi connectivity index (χ3v) is 1.27. The van der Waals surface area contributed by atoms with Gasteiger partial charge in [0, 0.05) is 0 Å². The molecule has 0 amide bonds. The second kappa shape index (κ2) is 3.77. The van der Waals surface area contributed by atoms with E-state index < -0.39 is 0 Å². The molecular formula is C8H7BN2. The molecule has 0 bridgehead atoms. The molecule has 0 fully saturated rings. The molecule has 1 aromatic heterocycles. The van der Waals surface area contributed by atoms with Crippen LogP contribution >= 0.6 is 0 Å². The zero-order chi connectivity index (χ0) is 8.10. The van der Waals surface area contributed by atoms with Crippen molar-refractivity contribution in [1.82, 2.24) is 10.2 Å². The predicted molar refractivity (Wildman–Crippen MR) is 44.2 cm³/mol. The molecule has 0 aliphatic heterocycles. The molecule has 0 unspecified atom stereocenters. The van der Waals surface area contributed by atoms with Crippen LogP contribution in [0.2, 0.25) is 6.32 Å². The number of rotatable bonds is 2. The van der Waals surface area contributed by atoms with Crippen molar-refractivity contribution in [2.24, 2.45) is 0 Å². The Morgan fingerprint density at radius 2 is 2.27 bits per heavy atom. The van der Waals surface area contributed by atoms with Crippen molar-refractivity contribution in [2.45, 2.75) is 12.7 Å². The highest BCUT2D eigenvalue weighted by Gasteiger charge is 1.92. The first-order valence-electron chi connectivity index (χ1n) is 3.36. The first-order chi connectivity index (χ1) is 5.36. The van der Waals surface area contributed by atoms with E-state index in [0.717, 1.165) is 12.1 Å². The number of terminal acetylenes is 1. The van der Waals surface area contributed by atoms with Gasteiger partial charge in [-0.15, -0.1) is 11.5 Å². The van der Waals surface area contributed by atoms with E-state index in [1.54, 1.807) is 6.07 Å². The highest BCUT2D eigenvalue weighted by molar-refractivity contribution is 6.08. The summed E-state index contributed by atoms with van der Waals surface area (Å²) in [5.74, 6) is 2.39. The molecule has 0 aliphatic carbocycles. The Bertz CT molecular complexity index is 260. The molecule has 0 aromatic carbocycles. The third-order valence-electron chi connectivity index (χ3n) is 1.27. The van der Waals surface area contributed by atoms with E-state index in [0.29, 0.717) is 12.0 Å². The lowest BCUT2D eigenvalue weighted by atomic mass is 10.0. The van der Waals surface area contributed by atoms with Gasteiger partial charge in [-0.1, -0.05) is 6.32 Å². The average Bonchev–Trinajstić information content (AvgIpc) is 2.07. The molecule has 11 heavy (non-hydrogen) atoms. The zero-order valence-electron chi connectivity index (χ0n) is 6.12. The number of aromatic nitrogens is 2. The summed E-state index contributed by atoms with van der Waals surface area (Å²) in [6.45, 7) is 0. The van der Waals surface area contributed by atoms with Crippen molar-refractivity contribution in [1.29, 1.82) is 0 Å². The second-order valence-corrected chi connectivity index (χ2v) is 2.09. The van der Waals surface area contributed by atoms with Gasteiger partial charge in [-0.3, -0.25) is 0 Å². The van der Waals surface area contributed by atoms with Crippen molar-refractivity contribution in [3.05, 3.63) is 23.5 Å². The Labute approximate surface area is 67.4 Å².